The summed E-state index contributed by atoms with van der Waals surface area (Å²) in [5.74, 6) is -1.05. The van der Waals surface area contributed by atoms with Gasteiger partial charge >= 0.3 is 5.97 Å². The predicted molar refractivity (Wildman–Crippen MR) is 144 cm³/mol. The zero-order valence-corrected chi connectivity index (χ0v) is 21.6. The minimum Gasteiger partial charge on any atom is -0.468 e. The summed E-state index contributed by atoms with van der Waals surface area (Å²) < 4.78 is 11.1. The number of benzene rings is 2. The molecule has 2 N–H and O–H groups in total. The van der Waals surface area contributed by atoms with E-state index >= 15 is 0 Å². The molecule has 0 bridgehead atoms. The minimum atomic E-state index is -0.792. The number of nitrogens with zero attached hydrogens (tertiary/aromatic N) is 1. The Bertz CT molecular complexity index is 1400. The van der Waals surface area contributed by atoms with Gasteiger partial charge in [0.05, 0.1) is 52.5 Å². The first kappa shape index (κ1) is 25.9. The Morgan fingerprint density at radius 3 is 2.57 bits per heavy atom. The number of carbonyl (C=O) groups excluding carboxylic acids is 2. The number of furan rings is 1. The van der Waals surface area contributed by atoms with E-state index in [1.165, 1.54) is 18.0 Å². The van der Waals surface area contributed by atoms with Gasteiger partial charge in [0, 0.05) is 5.69 Å². The summed E-state index contributed by atoms with van der Waals surface area (Å²) in [6.45, 7) is 5.86. The van der Waals surface area contributed by atoms with E-state index in [9.17, 15) is 14.9 Å². The third kappa shape index (κ3) is 5.63. The van der Waals surface area contributed by atoms with Crippen molar-refractivity contribution < 1.29 is 18.7 Å². The maximum atomic E-state index is 13.2. The number of thioether (sulfide) groups is 1. The molecule has 8 heteroatoms. The Hall–Kier alpha value is -4.22. The Morgan fingerprint density at radius 2 is 1.89 bits per heavy atom. The van der Waals surface area contributed by atoms with Gasteiger partial charge in [-0.15, -0.1) is 0 Å². The summed E-state index contributed by atoms with van der Waals surface area (Å²) >= 11 is 1.20. The van der Waals surface area contributed by atoms with E-state index in [0.29, 0.717) is 16.5 Å². The fraction of sp³-hybridized carbons (Fsp3) is 0.207. The van der Waals surface area contributed by atoms with E-state index in [0.717, 1.165) is 22.4 Å². The number of carbonyl (C=O) groups is 2. The number of aryl methyl sites for hydroxylation is 1. The van der Waals surface area contributed by atoms with Crippen molar-refractivity contribution in [2.24, 2.45) is 0 Å². The normalized spacial score (nSPS) is 15.1. The summed E-state index contributed by atoms with van der Waals surface area (Å²) in [4.78, 5) is 26.1. The van der Waals surface area contributed by atoms with Gasteiger partial charge < -0.3 is 19.8 Å². The zero-order chi connectivity index (χ0) is 26.4. The van der Waals surface area contributed by atoms with Crippen LogP contribution < -0.4 is 10.6 Å². The molecule has 0 aliphatic carbocycles. The van der Waals surface area contributed by atoms with Gasteiger partial charge in [0.1, 0.15) is 5.76 Å². The highest BCUT2D eigenvalue weighted by Crippen LogP contribution is 2.43. The molecule has 0 spiro atoms. The fourth-order valence-electron chi connectivity index (χ4n) is 4.11. The third-order valence-electron chi connectivity index (χ3n) is 6.06. The summed E-state index contributed by atoms with van der Waals surface area (Å²) in [5, 5.41) is 16.9. The number of allylic oxidation sites excluding steroid dienone is 1. The van der Waals surface area contributed by atoms with Gasteiger partial charge in [-0.05, 0) is 55.7 Å². The van der Waals surface area contributed by atoms with Crippen LogP contribution in [-0.2, 0) is 14.3 Å². The van der Waals surface area contributed by atoms with E-state index < -0.39 is 11.9 Å². The van der Waals surface area contributed by atoms with Crippen LogP contribution >= 0.6 is 11.8 Å². The van der Waals surface area contributed by atoms with Crippen LogP contribution in [0.5, 0.6) is 0 Å². The molecule has 3 aromatic rings. The highest BCUT2D eigenvalue weighted by molar-refractivity contribution is 8.03. The van der Waals surface area contributed by atoms with Crippen LogP contribution in [0.25, 0.3) is 5.70 Å². The number of rotatable bonds is 8. The smallest absolute Gasteiger partial charge is 0.337 e. The summed E-state index contributed by atoms with van der Waals surface area (Å²) in [6.07, 6.45) is 1.50. The van der Waals surface area contributed by atoms with Gasteiger partial charge in [-0.3, -0.25) is 4.79 Å². The molecule has 1 amide bonds. The van der Waals surface area contributed by atoms with Crippen molar-refractivity contribution in [1.82, 2.24) is 5.32 Å². The van der Waals surface area contributed by atoms with Crippen molar-refractivity contribution in [3.05, 3.63) is 106 Å². The maximum Gasteiger partial charge on any atom is 0.337 e. The molecule has 0 unspecified atom stereocenters. The number of anilines is 1. The van der Waals surface area contributed by atoms with Crippen LogP contribution in [0.3, 0.4) is 0 Å². The van der Waals surface area contributed by atoms with Gasteiger partial charge in [0.25, 0.3) is 0 Å². The second kappa shape index (κ2) is 11.7. The number of amides is 1. The van der Waals surface area contributed by atoms with Crippen LogP contribution in [0.4, 0.5) is 5.69 Å². The molecule has 0 fully saturated rings. The monoisotopic (exact) mass is 513 g/mol. The minimum absolute atomic E-state index is 0.0581. The molecule has 2 aromatic carbocycles. The standard InChI is InChI=1S/C29H27N3O4S/c1-4-35-29(34)26-25(23-14-9-15-36-23)21(16-30)28(32-27(26)20-11-6-5-7-12-20)37-17-24(33)31-22-13-8-10-18(2)19(22)3/h5-15,25,32H,4,17H2,1-3H3,(H,31,33)/t25-/m0/s1. The van der Waals surface area contributed by atoms with Crippen molar-refractivity contribution in [3.63, 3.8) is 0 Å². The number of dihydropyridines is 1. The van der Waals surface area contributed by atoms with E-state index in [1.807, 2.05) is 62.4 Å². The van der Waals surface area contributed by atoms with E-state index in [-0.39, 0.29) is 29.4 Å². The lowest BCUT2D eigenvalue weighted by Gasteiger charge is -2.29. The number of hydrogen-bond acceptors (Lipinski definition) is 7. The Balaban J connectivity index is 1.71. The van der Waals surface area contributed by atoms with Crippen molar-refractivity contribution in [3.8, 4) is 6.07 Å². The third-order valence-corrected chi connectivity index (χ3v) is 7.08. The van der Waals surface area contributed by atoms with Crippen molar-refractivity contribution >= 4 is 35.0 Å². The lowest BCUT2D eigenvalue weighted by molar-refractivity contribution is -0.138. The first-order chi connectivity index (χ1) is 17.9. The number of hydrogen-bond donors (Lipinski definition) is 2. The lowest BCUT2D eigenvalue weighted by Crippen LogP contribution is -2.29. The number of nitrogens with one attached hydrogen (secondary N) is 2. The van der Waals surface area contributed by atoms with Crippen LogP contribution in [0, 0.1) is 25.2 Å². The number of esters is 1. The van der Waals surface area contributed by atoms with Crippen LogP contribution in [0.2, 0.25) is 0 Å². The van der Waals surface area contributed by atoms with Gasteiger partial charge in [-0.1, -0.05) is 54.2 Å². The molecular formula is C29H27N3O4S. The Kier molecular flexibility index (Phi) is 8.16. The van der Waals surface area contributed by atoms with Gasteiger partial charge in [-0.2, -0.15) is 5.26 Å². The van der Waals surface area contributed by atoms with Crippen LogP contribution in [0.1, 0.15) is 35.3 Å². The van der Waals surface area contributed by atoms with Crippen molar-refractivity contribution in [2.75, 3.05) is 17.7 Å². The molecule has 37 heavy (non-hydrogen) atoms. The average molecular weight is 514 g/mol. The van der Waals surface area contributed by atoms with Crippen LogP contribution in [0.15, 0.2) is 87.5 Å². The van der Waals surface area contributed by atoms with Gasteiger partial charge in [0.15, 0.2) is 0 Å². The first-order valence-electron chi connectivity index (χ1n) is 11.8. The van der Waals surface area contributed by atoms with Crippen molar-refractivity contribution in [1.29, 1.82) is 5.26 Å². The molecule has 1 aliphatic rings. The molecule has 1 aliphatic heterocycles. The quantitative estimate of drug-likeness (QED) is 0.374. The molecule has 0 saturated carbocycles. The van der Waals surface area contributed by atoms with Gasteiger partial charge in [-0.25, -0.2) is 4.79 Å². The zero-order valence-electron chi connectivity index (χ0n) is 20.8. The van der Waals surface area contributed by atoms with E-state index in [1.54, 1.807) is 19.1 Å². The van der Waals surface area contributed by atoms with E-state index in [4.69, 9.17) is 9.15 Å². The summed E-state index contributed by atoms with van der Waals surface area (Å²) in [5.41, 5.74) is 4.65. The predicted octanol–water partition coefficient (Wildman–Crippen LogP) is 5.66. The Labute approximate surface area is 220 Å². The number of ether oxygens (including phenoxy) is 1. The van der Waals surface area contributed by atoms with Crippen molar-refractivity contribution in [2.45, 2.75) is 26.7 Å². The second-order valence-electron chi connectivity index (χ2n) is 8.39. The molecule has 0 radical (unpaired) electrons. The van der Waals surface area contributed by atoms with Gasteiger partial charge in [0.2, 0.25) is 5.91 Å². The lowest BCUT2D eigenvalue weighted by atomic mass is 9.84. The molecule has 188 valence electrons. The molecule has 1 aromatic heterocycles. The largest absolute Gasteiger partial charge is 0.468 e. The molecular weight excluding hydrogens is 486 g/mol. The first-order valence-corrected chi connectivity index (χ1v) is 12.8. The fourth-order valence-corrected chi connectivity index (χ4v) is 4.95. The summed E-state index contributed by atoms with van der Waals surface area (Å²) in [7, 11) is 0. The molecule has 0 saturated heterocycles. The highest BCUT2D eigenvalue weighted by Gasteiger charge is 2.38. The highest BCUT2D eigenvalue weighted by atomic mass is 32.2. The molecule has 1 atom stereocenters. The van der Waals surface area contributed by atoms with E-state index in [2.05, 4.69) is 16.7 Å². The summed E-state index contributed by atoms with van der Waals surface area (Å²) in [6, 6.07) is 20.8. The number of nitriles is 1. The second-order valence-corrected chi connectivity index (χ2v) is 9.37. The topological polar surface area (TPSA) is 104 Å². The Morgan fingerprint density at radius 1 is 1.11 bits per heavy atom. The molecule has 7 nitrogen and oxygen atoms in total. The maximum absolute atomic E-state index is 13.2. The molecule has 2 heterocycles. The SMILES string of the molecule is CCOC(=O)C1=C(c2ccccc2)NC(SCC(=O)Nc2cccc(C)c2C)=C(C#N)[C@H]1c1ccco1. The average Bonchev–Trinajstić information content (AvgIpc) is 3.44. The van der Waals surface area contributed by atoms with Crippen LogP contribution in [-0.4, -0.2) is 24.2 Å². The molecule has 4 rings (SSSR count).